The lowest BCUT2D eigenvalue weighted by Gasteiger charge is -1.89. The predicted molar refractivity (Wildman–Crippen MR) is 162 cm³/mol. The molecule has 0 aliphatic carbocycles. The van der Waals surface area contributed by atoms with Crippen LogP contribution in [-0.2, 0) is 0 Å². The van der Waals surface area contributed by atoms with E-state index in [1.165, 1.54) is 20.2 Å². The Morgan fingerprint density at radius 3 is 1.32 bits per heavy atom. The zero-order valence-corrected chi connectivity index (χ0v) is 26.1. The first kappa shape index (κ1) is 32.2. The zero-order valence-electron chi connectivity index (χ0n) is 23.7. The Balaban J connectivity index is 0.000000232. The number of rotatable bonds is 0. The minimum absolute atomic E-state index is 0.829. The first-order chi connectivity index (χ1) is 17.4. The molecule has 5 nitrogen and oxygen atoms in total. The highest BCUT2D eigenvalue weighted by atomic mass is 32.1. The summed E-state index contributed by atoms with van der Waals surface area (Å²) in [7, 11) is 0. The smallest absolute Gasteiger partial charge is 0.125 e. The third kappa shape index (κ3) is 16.5. The van der Waals surface area contributed by atoms with E-state index in [4.69, 9.17) is 0 Å². The van der Waals surface area contributed by atoms with E-state index in [9.17, 15) is 0 Å². The molecule has 0 spiro atoms. The monoisotopic (exact) mass is 553 g/mol. The highest BCUT2D eigenvalue weighted by Gasteiger charge is 1.87. The van der Waals surface area contributed by atoms with Crippen molar-refractivity contribution in [2.45, 2.75) is 69.2 Å². The van der Waals surface area contributed by atoms with Crippen LogP contribution in [0, 0.1) is 69.2 Å². The third-order valence-electron chi connectivity index (χ3n) is 4.31. The summed E-state index contributed by atoms with van der Waals surface area (Å²) >= 11 is 5.27. The molecule has 0 unspecified atom stereocenters. The summed E-state index contributed by atoms with van der Waals surface area (Å²) in [4.78, 5) is 24.3. The molecule has 0 fully saturated rings. The van der Waals surface area contributed by atoms with Gasteiger partial charge in [0, 0.05) is 56.2 Å². The van der Waals surface area contributed by atoms with Gasteiger partial charge in [-0.15, -0.1) is 34.0 Å². The molecule has 0 atom stereocenters. The maximum Gasteiger partial charge on any atom is 0.125 e. The van der Waals surface area contributed by atoms with Gasteiger partial charge in [-0.25, -0.2) is 19.9 Å². The molecule has 8 heteroatoms. The second-order valence-electron chi connectivity index (χ2n) is 8.44. The minimum Gasteiger partial charge on any atom is -0.261 e. The van der Waals surface area contributed by atoms with Crippen molar-refractivity contribution < 1.29 is 0 Å². The molecule has 37 heavy (non-hydrogen) atoms. The maximum absolute atomic E-state index is 4.13. The van der Waals surface area contributed by atoms with Crippen LogP contribution >= 0.6 is 34.0 Å². The number of nitrogens with zero attached hydrogens (tertiary/aromatic N) is 5. The van der Waals surface area contributed by atoms with Crippen LogP contribution in [0.2, 0.25) is 0 Å². The predicted octanol–water partition coefficient (Wildman–Crippen LogP) is 8.68. The average molecular weight is 554 g/mol. The van der Waals surface area contributed by atoms with E-state index in [0.717, 1.165) is 32.8 Å². The molecule has 5 aromatic heterocycles. The molecule has 5 heterocycles. The zero-order chi connectivity index (χ0) is 27.8. The van der Waals surface area contributed by atoms with Gasteiger partial charge in [0.2, 0.25) is 0 Å². The standard InChI is InChI=1S/C7H9N.C6H8N2.C6H8S.2C5H7NS/c1-6-3-4-7(2)8-5-6;1-5-3-7-6(2)8-4-5;1-5-3-4-6(2)7-5;1-4-3-7-5(2)6-4;1-4-3-6-5(2)7-4/h3-5H,1-2H3;3-4H,1-2H3;3-4H,1-2H3;2*3H,1-2H3. The Morgan fingerprint density at radius 2 is 1.08 bits per heavy atom. The van der Waals surface area contributed by atoms with Crippen molar-refractivity contribution >= 4 is 34.0 Å². The fourth-order valence-corrected chi connectivity index (χ4v) is 4.54. The lowest BCUT2D eigenvalue weighted by Crippen LogP contribution is -1.84. The fraction of sp³-hybridized carbons (Fsp3) is 0.345. The van der Waals surface area contributed by atoms with Gasteiger partial charge in [0.25, 0.3) is 0 Å². The summed E-state index contributed by atoms with van der Waals surface area (Å²) < 4.78 is 0. The largest absolute Gasteiger partial charge is 0.261 e. The van der Waals surface area contributed by atoms with Crippen LogP contribution in [-0.4, -0.2) is 24.9 Å². The third-order valence-corrected chi connectivity index (χ3v) is 6.95. The molecule has 0 N–H and O–H groups in total. The summed E-state index contributed by atoms with van der Waals surface area (Å²) in [5.41, 5.74) is 4.53. The fourth-order valence-electron chi connectivity index (χ4n) is 2.49. The van der Waals surface area contributed by atoms with Crippen LogP contribution in [0.1, 0.15) is 53.0 Å². The second-order valence-corrected chi connectivity index (χ2v) is 12.4. The van der Waals surface area contributed by atoms with E-state index in [1.54, 1.807) is 22.7 Å². The molecule has 0 amide bonds. The van der Waals surface area contributed by atoms with Crippen LogP contribution in [0.3, 0.4) is 0 Å². The summed E-state index contributed by atoms with van der Waals surface area (Å²) in [5, 5.41) is 4.35. The number of hydrogen-bond acceptors (Lipinski definition) is 8. The summed E-state index contributed by atoms with van der Waals surface area (Å²) in [5.74, 6) is 0.829. The van der Waals surface area contributed by atoms with Crippen molar-refractivity contribution in [3.63, 3.8) is 0 Å². The number of aromatic nitrogens is 5. The van der Waals surface area contributed by atoms with E-state index < -0.39 is 0 Å². The Morgan fingerprint density at radius 1 is 0.486 bits per heavy atom. The van der Waals surface area contributed by atoms with Crippen molar-refractivity contribution in [1.29, 1.82) is 0 Å². The van der Waals surface area contributed by atoms with Crippen molar-refractivity contribution in [3.05, 3.63) is 107 Å². The average Bonchev–Trinajstić information content (AvgIpc) is 3.54. The van der Waals surface area contributed by atoms with Gasteiger partial charge in [0.05, 0.1) is 10.0 Å². The van der Waals surface area contributed by atoms with Crippen LogP contribution in [0.4, 0.5) is 0 Å². The van der Waals surface area contributed by atoms with Gasteiger partial charge in [-0.1, -0.05) is 6.07 Å². The number of thiazole rings is 2. The van der Waals surface area contributed by atoms with Crippen molar-refractivity contribution in [3.8, 4) is 0 Å². The van der Waals surface area contributed by atoms with E-state index in [1.807, 2.05) is 90.7 Å². The quantitative estimate of drug-likeness (QED) is 0.192. The molecule has 0 saturated heterocycles. The van der Waals surface area contributed by atoms with E-state index >= 15 is 0 Å². The Hall–Kier alpha value is -2.81. The highest BCUT2D eigenvalue weighted by molar-refractivity contribution is 7.12. The van der Waals surface area contributed by atoms with Gasteiger partial charge >= 0.3 is 0 Å². The van der Waals surface area contributed by atoms with Gasteiger partial charge < -0.3 is 0 Å². The first-order valence-corrected chi connectivity index (χ1v) is 14.4. The Kier molecular flexibility index (Phi) is 15.3. The van der Waals surface area contributed by atoms with Crippen molar-refractivity contribution in [2.24, 2.45) is 0 Å². The van der Waals surface area contributed by atoms with Gasteiger partial charge in [-0.3, -0.25) is 4.98 Å². The number of thiophene rings is 1. The molecule has 0 aromatic carbocycles. The van der Waals surface area contributed by atoms with Crippen LogP contribution in [0.15, 0.2) is 54.4 Å². The molecule has 0 radical (unpaired) electrons. The molecule has 0 saturated carbocycles. The Labute approximate surface area is 234 Å². The molecule has 198 valence electrons. The molecule has 0 aliphatic heterocycles. The highest BCUT2D eigenvalue weighted by Crippen LogP contribution is 2.12. The Bertz CT molecular complexity index is 1040. The van der Waals surface area contributed by atoms with E-state index in [-0.39, 0.29) is 0 Å². The molecular formula is C29H39N5S3. The number of aryl methyl sites for hydroxylation is 10. The number of pyridine rings is 1. The molecular weight excluding hydrogens is 515 g/mol. The normalized spacial score (nSPS) is 9.35. The van der Waals surface area contributed by atoms with Crippen LogP contribution in [0.5, 0.6) is 0 Å². The maximum atomic E-state index is 4.13. The second kappa shape index (κ2) is 17.6. The number of hydrogen-bond donors (Lipinski definition) is 0. The van der Waals surface area contributed by atoms with Crippen LogP contribution in [0.25, 0.3) is 0 Å². The molecule has 0 aliphatic rings. The van der Waals surface area contributed by atoms with Gasteiger partial charge in [-0.2, -0.15) is 0 Å². The van der Waals surface area contributed by atoms with Gasteiger partial charge in [0.1, 0.15) is 5.82 Å². The topological polar surface area (TPSA) is 64.5 Å². The van der Waals surface area contributed by atoms with Gasteiger partial charge in [0.15, 0.2) is 0 Å². The van der Waals surface area contributed by atoms with Crippen molar-refractivity contribution in [1.82, 2.24) is 24.9 Å². The van der Waals surface area contributed by atoms with E-state index in [0.29, 0.717) is 0 Å². The van der Waals surface area contributed by atoms with Gasteiger partial charge in [-0.05, 0) is 98.6 Å². The van der Waals surface area contributed by atoms with E-state index in [2.05, 4.69) is 69.3 Å². The van der Waals surface area contributed by atoms with Crippen molar-refractivity contribution in [2.75, 3.05) is 0 Å². The minimum atomic E-state index is 0.829. The molecule has 5 aromatic rings. The molecule has 0 bridgehead atoms. The lowest BCUT2D eigenvalue weighted by atomic mass is 10.3. The lowest BCUT2D eigenvalue weighted by molar-refractivity contribution is 1.03. The first-order valence-electron chi connectivity index (χ1n) is 11.9. The summed E-state index contributed by atoms with van der Waals surface area (Å²) in [6, 6.07) is 8.34. The summed E-state index contributed by atoms with van der Waals surface area (Å²) in [6.07, 6.45) is 7.38. The van der Waals surface area contributed by atoms with Crippen LogP contribution < -0.4 is 0 Å². The SMILES string of the molecule is Cc1ccc(C)nc1.Cc1ccc(C)s1.Cc1cnc(C)nc1.Cc1cnc(C)s1.Cc1csc(C)n1. The molecule has 5 rings (SSSR count). The summed E-state index contributed by atoms with van der Waals surface area (Å²) in [6.45, 7) is 20.2.